The first-order chi connectivity index (χ1) is 20.7. The number of hydrogen-bond donors (Lipinski definition) is 0. The zero-order chi connectivity index (χ0) is 31.7. The summed E-state index contributed by atoms with van der Waals surface area (Å²) in [6, 6.07) is 19.8. The average molecular weight is 601 g/mol. The van der Waals surface area contributed by atoms with E-state index in [1.807, 2.05) is 69.3 Å². The molecule has 0 aliphatic heterocycles. The Labute approximate surface area is 252 Å². The molecule has 44 heavy (non-hydrogen) atoms. The largest absolute Gasteiger partial charge is 0.416 e. The molecule has 224 valence electrons. The van der Waals surface area contributed by atoms with Crippen LogP contribution >= 0.6 is 0 Å². The van der Waals surface area contributed by atoms with Crippen molar-refractivity contribution < 1.29 is 26.3 Å². The van der Waals surface area contributed by atoms with E-state index >= 15 is 0 Å². The van der Waals surface area contributed by atoms with Gasteiger partial charge in [-0.25, -0.2) is 0 Å². The molecule has 0 heterocycles. The fraction of sp³-hybridized carbons (Fsp3) is 0.211. The standard InChI is InChI=1S/C38H30F6/c1-6-29-22(5)30(7-2)36-34(26-13-21(4)15-28(17-26)38(42,43)44)32-19-24-11-9-8-10-23(24)18-31(32)33(35(29)36)25-12-20(3)14-27(16-25)37(39,40)41/h6-19,22H,1-5H3. The summed E-state index contributed by atoms with van der Waals surface area (Å²) in [5.74, 6) is -0.123. The van der Waals surface area contributed by atoms with E-state index in [-0.39, 0.29) is 5.92 Å². The number of allylic oxidation sites excluding steroid dienone is 4. The summed E-state index contributed by atoms with van der Waals surface area (Å²) in [6.45, 7) is 9.12. The second-order valence-corrected chi connectivity index (χ2v) is 11.6. The van der Waals surface area contributed by atoms with Crippen molar-refractivity contribution in [3.63, 3.8) is 0 Å². The Morgan fingerprint density at radius 2 is 0.932 bits per heavy atom. The summed E-state index contributed by atoms with van der Waals surface area (Å²) in [7, 11) is 0. The van der Waals surface area contributed by atoms with Gasteiger partial charge in [0.05, 0.1) is 11.1 Å². The van der Waals surface area contributed by atoms with Crippen LogP contribution in [-0.4, -0.2) is 0 Å². The Morgan fingerprint density at radius 3 is 1.27 bits per heavy atom. The van der Waals surface area contributed by atoms with Crippen LogP contribution in [0.3, 0.4) is 0 Å². The minimum Gasteiger partial charge on any atom is -0.166 e. The first-order valence-corrected chi connectivity index (χ1v) is 14.5. The van der Waals surface area contributed by atoms with Gasteiger partial charge in [-0.05, 0) is 141 Å². The second-order valence-electron chi connectivity index (χ2n) is 11.6. The van der Waals surface area contributed by atoms with Crippen LogP contribution in [0.2, 0.25) is 0 Å². The van der Waals surface area contributed by atoms with Gasteiger partial charge < -0.3 is 0 Å². The Hall–Kier alpha value is -4.32. The summed E-state index contributed by atoms with van der Waals surface area (Å²) in [6.07, 6.45) is -5.16. The lowest BCUT2D eigenvalue weighted by atomic mass is 9.81. The van der Waals surface area contributed by atoms with E-state index in [2.05, 4.69) is 0 Å². The van der Waals surface area contributed by atoms with Crippen LogP contribution in [0.5, 0.6) is 0 Å². The molecule has 0 atom stereocenters. The smallest absolute Gasteiger partial charge is 0.166 e. The molecule has 0 saturated carbocycles. The van der Waals surface area contributed by atoms with Crippen LogP contribution in [0.1, 0.15) is 54.2 Å². The van der Waals surface area contributed by atoms with E-state index in [1.165, 1.54) is 12.1 Å². The molecule has 0 N–H and O–H groups in total. The molecule has 0 radical (unpaired) electrons. The van der Waals surface area contributed by atoms with Crippen molar-refractivity contribution in [1.82, 2.24) is 0 Å². The minimum atomic E-state index is -4.55. The van der Waals surface area contributed by atoms with E-state index in [0.29, 0.717) is 44.2 Å². The fourth-order valence-corrected chi connectivity index (χ4v) is 6.92. The maximum absolute atomic E-state index is 14.1. The van der Waals surface area contributed by atoms with Crippen molar-refractivity contribution in [2.75, 3.05) is 0 Å². The number of fused-ring (bicyclic) bond motifs is 3. The van der Waals surface area contributed by atoms with Crippen LogP contribution in [0.15, 0.2) is 84.9 Å². The van der Waals surface area contributed by atoms with Gasteiger partial charge in [-0.15, -0.1) is 0 Å². The maximum Gasteiger partial charge on any atom is 0.416 e. The highest BCUT2D eigenvalue weighted by Crippen LogP contribution is 2.56. The number of benzene rings is 5. The van der Waals surface area contributed by atoms with Gasteiger partial charge in [0.15, 0.2) is 0 Å². The number of aryl methyl sites for hydroxylation is 2. The molecular weight excluding hydrogens is 570 g/mol. The fourth-order valence-electron chi connectivity index (χ4n) is 6.92. The van der Waals surface area contributed by atoms with E-state index in [4.69, 9.17) is 0 Å². The Balaban J connectivity index is 1.90. The maximum atomic E-state index is 14.1. The van der Waals surface area contributed by atoms with Gasteiger partial charge in [0, 0.05) is 5.92 Å². The molecule has 0 bridgehead atoms. The van der Waals surface area contributed by atoms with Gasteiger partial charge in [0.1, 0.15) is 0 Å². The van der Waals surface area contributed by atoms with Gasteiger partial charge in [-0.1, -0.05) is 55.5 Å². The highest BCUT2D eigenvalue weighted by Gasteiger charge is 2.37. The zero-order valence-corrected chi connectivity index (χ0v) is 24.9. The molecule has 1 aliphatic rings. The Morgan fingerprint density at radius 1 is 0.545 bits per heavy atom. The second kappa shape index (κ2) is 10.4. The molecule has 0 nitrogen and oxygen atoms in total. The van der Waals surface area contributed by atoms with Crippen molar-refractivity contribution in [2.45, 2.75) is 47.0 Å². The number of halogens is 6. The van der Waals surface area contributed by atoms with Gasteiger partial charge in [0.25, 0.3) is 0 Å². The molecule has 1 aliphatic carbocycles. The molecule has 5 aromatic rings. The van der Waals surface area contributed by atoms with Gasteiger partial charge in [0.2, 0.25) is 0 Å². The van der Waals surface area contributed by atoms with Crippen molar-refractivity contribution in [1.29, 1.82) is 0 Å². The lowest BCUT2D eigenvalue weighted by Gasteiger charge is -2.22. The van der Waals surface area contributed by atoms with Crippen LogP contribution < -0.4 is 0 Å². The summed E-state index contributed by atoms with van der Waals surface area (Å²) in [5.41, 5.74) is 4.98. The topological polar surface area (TPSA) is 0 Å². The summed E-state index contributed by atoms with van der Waals surface area (Å²) < 4.78 is 84.8. The average Bonchev–Trinajstić information content (AvgIpc) is 3.23. The Bertz CT molecular complexity index is 1890. The highest BCUT2D eigenvalue weighted by molar-refractivity contribution is 6.20. The van der Waals surface area contributed by atoms with Gasteiger partial charge in [-0.3, -0.25) is 0 Å². The lowest BCUT2D eigenvalue weighted by molar-refractivity contribution is -0.138. The molecule has 5 aromatic carbocycles. The first-order valence-electron chi connectivity index (χ1n) is 14.5. The zero-order valence-electron chi connectivity index (χ0n) is 24.9. The summed E-state index contributed by atoms with van der Waals surface area (Å²) in [4.78, 5) is 0. The predicted molar refractivity (Wildman–Crippen MR) is 168 cm³/mol. The monoisotopic (exact) mass is 600 g/mol. The summed E-state index contributed by atoms with van der Waals surface area (Å²) in [5, 5.41) is 3.15. The van der Waals surface area contributed by atoms with E-state index < -0.39 is 23.5 Å². The quantitative estimate of drug-likeness (QED) is 0.140. The summed E-state index contributed by atoms with van der Waals surface area (Å²) >= 11 is 0. The normalized spacial score (nSPS) is 17.3. The molecule has 0 aromatic heterocycles. The third kappa shape index (κ3) is 4.81. The SMILES string of the molecule is CC=C1c2c(c(-c3cc(C)cc(C(F)(F)F)c3)c3cc4ccccc4cc3c2-c2cc(C)cc(C(F)(F)F)c2)C(=CC)C1C. The highest BCUT2D eigenvalue weighted by atomic mass is 19.4. The number of alkyl halides is 6. The van der Waals surface area contributed by atoms with Gasteiger partial charge in [-0.2, -0.15) is 26.3 Å². The molecule has 6 heteroatoms. The van der Waals surface area contributed by atoms with Crippen LogP contribution in [0.4, 0.5) is 26.3 Å². The Kier molecular flexibility index (Phi) is 7.03. The van der Waals surface area contributed by atoms with Crippen molar-refractivity contribution in [2.24, 2.45) is 5.92 Å². The lowest BCUT2D eigenvalue weighted by Crippen LogP contribution is -2.07. The molecule has 0 unspecified atom stereocenters. The first kappa shape index (κ1) is 29.7. The van der Waals surface area contributed by atoms with E-state index in [0.717, 1.165) is 45.2 Å². The molecule has 0 amide bonds. The van der Waals surface area contributed by atoms with E-state index in [1.54, 1.807) is 26.0 Å². The van der Waals surface area contributed by atoms with E-state index in [9.17, 15) is 26.3 Å². The molecule has 0 spiro atoms. The van der Waals surface area contributed by atoms with Crippen LogP contribution in [-0.2, 0) is 12.4 Å². The third-order valence-electron chi connectivity index (χ3n) is 8.69. The third-order valence-corrected chi connectivity index (χ3v) is 8.69. The van der Waals surface area contributed by atoms with Crippen molar-refractivity contribution in [3.05, 3.63) is 118 Å². The molecule has 0 fully saturated rings. The number of rotatable bonds is 2. The van der Waals surface area contributed by atoms with Crippen molar-refractivity contribution in [3.8, 4) is 22.3 Å². The number of hydrogen-bond acceptors (Lipinski definition) is 0. The predicted octanol–water partition coefficient (Wildman–Crippen LogP) is 12.4. The van der Waals surface area contributed by atoms with Crippen LogP contribution in [0.25, 0.3) is 54.9 Å². The molecular formula is C38H30F6. The van der Waals surface area contributed by atoms with Crippen molar-refractivity contribution >= 4 is 32.7 Å². The van der Waals surface area contributed by atoms with Gasteiger partial charge >= 0.3 is 12.4 Å². The molecule has 0 saturated heterocycles. The molecule has 6 rings (SSSR count). The van der Waals surface area contributed by atoms with Crippen LogP contribution in [0, 0.1) is 19.8 Å². The minimum absolute atomic E-state index is 0.123.